The van der Waals surface area contributed by atoms with Gasteiger partial charge < -0.3 is 10.2 Å². The summed E-state index contributed by atoms with van der Waals surface area (Å²) < 4.78 is 0. The van der Waals surface area contributed by atoms with Crippen LogP contribution in [0.1, 0.15) is 50.9 Å². The third-order valence-corrected chi connectivity index (χ3v) is 3.34. The highest BCUT2D eigenvalue weighted by molar-refractivity contribution is 5.99. The molecular weight excluding hydrogens is 238 g/mol. The molecule has 0 fully saturated rings. The SMILES string of the molecule is CCCNc1cnccc1C(=O)N(CC)C(C)CC. The van der Waals surface area contributed by atoms with E-state index in [-0.39, 0.29) is 11.9 Å². The van der Waals surface area contributed by atoms with E-state index < -0.39 is 0 Å². The quantitative estimate of drug-likeness (QED) is 0.822. The monoisotopic (exact) mass is 263 g/mol. The number of carbonyl (C=O) groups is 1. The highest BCUT2D eigenvalue weighted by Gasteiger charge is 2.21. The maximum atomic E-state index is 12.6. The van der Waals surface area contributed by atoms with Gasteiger partial charge in [0, 0.05) is 25.3 Å². The van der Waals surface area contributed by atoms with E-state index in [9.17, 15) is 4.79 Å². The molecule has 1 aromatic heterocycles. The lowest BCUT2D eigenvalue weighted by molar-refractivity contribution is 0.0701. The molecule has 1 aromatic rings. The minimum absolute atomic E-state index is 0.0813. The summed E-state index contributed by atoms with van der Waals surface area (Å²) in [5.41, 5.74) is 1.54. The van der Waals surface area contributed by atoms with Gasteiger partial charge in [0.1, 0.15) is 0 Å². The molecule has 1 rings (SSSR count). The highest BCUT2D eigenvalue weighted by atomic mass is 16.2. The first kappa shape index (κ1) is 15.5. The Morgan fingerprint density at radius 1 is 1.42 bits per heavy atom. The second kappa shape index (κ2) is 7.77. The van der Waals surface area contributed by atoms with Crippen LogP contribution in [0.15, 0.2) is 18.5 Å². The van der Waals surface area contributed by atoms with Crippen molar-refractivity contribution in [1.82, 2.24) is 9.88 Å². The van der Waals surface area contributed by atoms with E-state index in [0.29, 0.717) is 5.56 Å². The van der Waals surface area contributed by atoms with Crippen molar-refractivity contribution in [3.05, 3.63) is 24.0 Å². The van der Waals surface area contributed by atoms with Gasteiger partial charge in [-0.05, 0) is 32.8 Å². The standard InChI is InChI=1S/C15H25N3O/c1-5-9-17-14-11-16-10-8-13(14)15(19)18(7-3)12(4)6-2/h8,10-12,17H,5-7,9H2,1-4H3. The molecule has 0 saturated heterocycles. The number of nitrogens with one attached hydrogen (secondary N) is 1. The van der Waals surface area contributed by atoms with Gasteiger partial charge in [0.15, 0.2) is 0 Å². The minimum Gasteiger partial charge on any atom is -0.383 e. The van der Waals surface area contributed by atoms with Crippen LogP contribution in [0.2, 0.25) is 0 Å². The van der Waals surface area contributed by atoms with Crippen molar-refractivity contribution in [2.24, 2.45) is 0 Å². The number of carbonyl (C=O) groups excluding carboxylic acids is 1. The van der Waals surface area contributed by atoms with Gasteiger partial charge in [0.2, 0.25) is 0 Å². The zero-order chi connectivity index (χ0) is 14.3. The van der Waals surface area contributed by atoms with Crippen molar-refractivity contribution in [3.8, 4) is 0 Å². The lowest BCUT2D eigenvalue weighted by Gasteiger charge is -2.28. The summed E-state index contributed by atoms with van der Waals surface area (Å²) in [6, 6.07) is 2.05. The van der Waals surface area contributed by atoms with Crippen molar-refractivity contribution in [2.75, 3.05) is 18.4 Å². The van der Waals surface area contributed by atoms with Gasteiger partial charge in [-0.25, -0.2) is 0 Å². The van der Waals surface area contributed by atoms with Gasteiger partial charge >= 0.3 is 0 Å². The zero-order valence-electron chi connectivity index (χ0n) is 12.4. The van der Waals surface area contributed by atoms with Crippen LogP contribution >= 0.6 is 0 Å². The number of anilines is 1. The van der Waals surface area contributed by atoms with E-state index in [2.05, 4.69) is 31.1 Å². The van der Waals surface area contributed by atoms with Crippen LogP contribution in [0.3, 0.4) is 0 Å². The molecule has 0 radical (unpaired) electrons. The fraction of sp³-hybridized carbons (Fsp3) is 0.600. The normalized spacial score (nSPS) is 12.0. The van der Waals surface area contributed by atoms with E-state index >= 15 is 0 Å². The molecule has 0 spiro atoms. The Bertz CT molecular complexity index is 406. The molecule has 19 heavy (non-hydrogen) atoms. The number of rotatable bonds is 7. The molecular formula is C15H25N3O. The Morgan fingerprint density at radius 3 is 2.74 bits per heavy atom. The Hall–Kier alpha value is -1.58. The number of pyridine rings is 1. The first-order chi connectivity index (χ1) is 9.15. The first-order valence-corrected chi connectivity index (χ1v) is 7.14. The number of nitrogens with zero attached hydrogens (tertiary/aromatic N) is 2. The highest BCUT2D eigenvalue weighted by Crippen LogP contribution is 2.18. The average molecular weight is 263 g/mol. The van der Waals surface area contributed by atoms with Gasteiger partial charge in [0.25, 0.3) is 5.91 Å². The van der Waals surface area contributed by atoms with Crippen molar-refractivity contribution < 1.29 is 4.79 Å². The molecule has 1 atom stereocenters. The molecule has 4 heteroatoms. The molecule has 0 aliphatic carbocycles. The zero-order valence-corrected chi connectivity index (χ0v) is 12.4. The van der Waals surface area contributed by atoms with Crippen LogP contribution in [0, 0.1) is 0 Å². The van der Waals surface area contributed by atoms with Crippen LogP contribution < -0.4 is 5.32 Å². The molecule has 1 amide bonds. The molecule has 0 bridgehead atoms. The molecule has 1 N–H and O–H groups in total. The van der Waals surface area contributed by atoms with E-state index in [1.54, 1.807) is 18.5 Å². The van der Waals surface area contributed by atoms with E-state index in [4.69, 9.17) is 0 Å². The fourth-order valence-electron chi connectivity index (χ4n) is 2.01. The van der Waals surface area contributed by atoms with E-state index in [1.165, 1.54) is 0 Å². The minimum atomic E-state index is 0.0813. The summed E-state index contributed by atoms with van der Waals surface area (Å²) in [4.78, 5) is 18.6. The van der Waals surface area contributed by atoms with Crippen molar-refractivity contribution >= 4 is 11.6 Å². The van der Waals surface area contributed by atoms with E-state index in [0.717, 1.165) is 31.6 Å². The Morgan fingerprint density at radius 2 is 2.16 bits per heavy atom. The summed E-state index contributed by atoms with van der Waals surface area (Å²) in [5, 5.41) is 3.27. The molecule has 0 aromatic carbocycles. The predicted molar refractivity (Wildman–Crippen MR) is 79.5 cm³/mol. The number of amides is 1. The van der Waals surface area contributed by atoms with E-state index in [1.807, 2.05) is 11.8 Å². The fourth-order valence-corrected chi connectivity index (χ4v) is 2.01. The summed E-state index contributed by atoms with van der Waals surface area (Å²) in [5.74, 6) is 0.0813. The summed E-state index contributed by atoms with van der Waals surface area (Å²) in [6.07, 6.45) is 5.38. The maximum Gasteiger partial charge on any atom is 0.256 e. The largest absolute Gasteiger partial charge is 0.383 e. The van der Waals surface area contributed by atoms with Gasteiger partial charge in [-0.1, -0.05) is 13.8 Å². The lowest BCUT2D eigenvalue weighted by atomic mass is 10.1. The maximum absolute atomic E-state index is 12.6. The molecule has 1 heterocycles. The molecule has 0 aliphatic rings. The van der Waals surface area contributed by atoms with Gasteiger partial charge in [-0.2, -0.15) is 0 Å². The van der Waals surface area contributed by atoms with Crippen molar-refractivity contribution in [1.29, 1.82) is 0 Å². The summed E-state index contributed by atoms with van der Waals surface area (Å²) in [7, 11) is 0. The van der Waals surface area contributed by atoms with Crippen molar-refractivity contribution in [2.45, 2.75) is 46.6 Å². The molecule has 4 nitrogen and oxygen atoms in total. The second-order valence-corrected chi connectivity index (χ2v) is 4.70. The number of hydrogen-bond donors (Lipinski definition) is 1. The predicted octanol–water partition coefficient (Wildman–Crippen LogP) is 3.16. The van der Waals surface area contributed by atoms with Crippen LogP contribution in [0.5, 0.6) is 0 Å². The van der Waals surface area contributed by atoms with Crippen LogP contribution in [-0.2, 0) is 0 Å². The topological polar surface area (TPSA) is 45.2 Å². The van der Waals surface area contributed by atoms with Crippen LogP contribution in [0.4, 0.5) is 5.69 Å². The first-order valence-electron chi connectivity index (χ1n) is 7.14. The lowest BCUT2D eigenvalue weighted by Crippen LogP contribution is -2.38. The second-order valence-electron chi connectivity index (χ2n) is 4.70. The molecule has 0 saturated carbocycles. The third-order valence-electron chi connectivity index (χ3n) is 3.34. The average Bonchev–Trinajstić information content (AvgIpc) is 2.45. The third kappa shape index (κ3) is 3.94. The number of hydrogen-bond acceptors (Lipinski definition) is 3. The number of aromatic nitrogens is 1. The molecule has 0 aliphatic heterocycles. The molecule has 106 valence electrons. The summed E-state index contributed by atoms with van der Waals surface area (Å²) >= 11 is 0. The summed E-state index contributed by atoms with van der Waals surface area (Å²) in [6.45, 7) is 9.88. The van der Waals surface area contributed by atoms with Crippen molar-refractivity contribution in [3.63, 3.8) is 0 Å². The molecule has 1 unspecified atom stereocenters. The van der Waals surface area contributed by atoms with Gasteiger partial charge in [-0.3, -0.25) is 9.78 Å². The van der Waals surface area contributed by atoms with Gasteiger partial charge in [0.05, 0.1) is 17.4 Å². The van der Waals surface area contributed by atoms with Gasteiger partial charge in [-0.15, -0.1) is 0 Å². The Balaban J connectivity index is 2.97. The Labute approximate surface area is 116 Å². The van der Waals surface area contributed by atoms with Crippen LogP contribution in [0.25, 0.3) is 0 Å². The van der Waals surface area contributed by atoms with Crippen LogP contribution in [-0.4, -0.2) is 34.9 Å². The smallest absolute Gasteiger partial charge is 0.256 e. The Kier molecular flexibility index (Phi) is 6.33.